The largest absolute Gasteiger partial charge is 0.265 e. The van der Waals surface area contributed by atoms with Crippen LogP contribution >= 0.6 is 0 Å². The van der Waals surface area contributed by atoms with Gasteiger partial charge in [-0.1, -0.05) is 115 Å². The van der Waals surface area contributed by atoms with Crippen molar-refractivity contribution in [3.05, 3.63) is 162 Å². The predicted octanol–water partition coefficient (Wildman–Crippen LogP) is 7.76. The number of rotatable bonds is 5. The zero-order chi connectivity index (χ0) is 21.6. The van der Waals surface area contributed by atoms with Crippen molar-refractivity contribution < 1.29 is 0 Å². The summed E-state index contributed by atoms with van der Waals surface area (Å²) in [6.07, 6.45) is 3.71. The van der Waals surface area contributed by atoms with E-state index in [2.05, 4.69) is 132 Å². The normalized spacial score (nSPS) is 10.5. The molecule has 0 saturated carbocycles. The number of pyridine rings is 1. The Bertz CT molecular complexity index is 1280. The summed E-state index contributed by atoms with van der Waals surface area (Å²) in [5, 5.41) is 0. The molecule has 0 spiro atoms. The fourth-order valence-corrected chi connectivity index (χ4v) is 4.19. The third-order valence-electron chi connectivity index (χ3n) is 5.63. The van der Waals surface area contributed by atoms with Gasteiger partial charge in [-0.05, 0) is 56.7 Å². The van der Waals surface area contributed by atoms with Gasteiger partial charge in [-0.2, -0.15) is 0 Å². The van der Waals surface area contributed by atoms with E-state index >= 15 is 0 Å². The molecule has 4 aromatic carbocycles. The Hall–Kier alpha value is -4.23. The van der Waals surface area contributed by atoms with Crippen LogP contribution in [0.25, 0.3) is 22.3 Å². The van der Waals surface area contributed by atoms with Gasteiger partial charge in [0.2, 0.25) is 0 Å². The molecule has 5 rings (SSSR count). The van der Waals surface area contributed by atoms with Gasteiger partial charge < -0.3 is 0 Å². The highest BCUT2D eigenvalue weighted by atomic mass is 14.6. The Balaban J connectivity index is 1.90. The summed E-state index contributed by atoms with van der Waals surface area (Å²) in [5.41, 5.74) is 9.57. The van der Waals surface area contributed by atoms with E-state index < -0.39 is 0 Å². The van der Waals surface area contributed by atoms with E-state index in [1.807, 2.05) is 12.4 Å². The van der Waals surface area contributed by atoms with E-state index in [1.54, 1.807) is 0 Å². The first kappa shape index (κ1) is 19.7. The van der Waals surface area contributed by atoms with Gasteiger partial charge in [0.05, 0.1) is 0 Å². The van der Waals surface area contributed by atoms with E-state index in [0.29, 0.717) is 0 Å². The fraction of sp³-hybridized carbons (Fsp3) is 0. The molecule has 0 atom stereocenters. The van der Waals surface area contributed by atoms with Crippen LogP contribution in [-0.2, 0) is 0 Å². The van der Waals surface area contributed by atoms with Crippen LogP contribution in [0.3, 0.4) is 0 Å². The quantitative estimate of drug-likeness (QED) is 0.270. The van der Waals surface area contributed by atoms with Crippen molar-refractivity contribution in [3.63, 3.8) is 0 Å². The first-order valence-electron chi connectivity index (χ1n) is 10.8. The first-order valence-corrected chi connectivity index (χ1v) is 10.8. The van der Waals surface area contributed by atoms with E-state index in [0.717, 1.165) is 5.56 Å². The Morgan fingerprint density at radius 1 is 0.406 bits per heavy atom. The molecule has 1 nitrogen and oxygen atoms in total. The van der Waals surface area contributed by atoms with Crippen LogP contribution in [0.15, 0.2) is 140 Å². The second-order valence-electron chi connectivity index (χ2n) is 7.63. The second-order valence-corrected chi connectivity index (χ2v) is 7.63. The van der Waals surface area contributed by atoms with Gasteiger partial charge in [0.15, 0.2) is 0 Å². The number of nitrogens with zero attached hydrogens (tertiary/aromatic N) is 1. The van der Waals surface area contributed by atoms with E-state index in [9.17, 15) is 0 Å². The third-order valence-corrected chi connectivity index (χ3v) is 5.63. The SMILES string of the molecule is c1ccc(C(=C(c2ccccc2)c2ccccc2-c2ccncc2)c2ccccc2)cc1. The molecule has 0 saturated heterocycles. The summed E-state index contributed by atoms with van der Waals surface area (Å²) in [6.45, 7) is 0. The molecule has 1 heteroatoms. The monoisotopic (exact) mass is 409 g/mol. The molecule has 0 unspecified atom stereocenters. The lowest BCUT2D eigenvalue weighted by Gasteiger charge is -2.20. The Morgan fingerprint density at radius 3 is 1.38 bits per heavy atom. The number of hydrogen-bond acceptors (Lipinski definition) is 1. The van der Waals surface area contributed by atoms with Crippen molar-refractivity contribution in [2.24, 2.45) is 0 Å². The van der Waals surface area contributed by atoms with Crippen LogP contribution in [0.5, 0.6) is 0 Å². The van der Waals surface area contributed by atoms with Crippen LogP contribution < -0.4 is 0 Å². The summed E-state index contributed by atoms with van der Waals surface area (Å²) < 4.78 is 0. The van der Waals surface area contributed by atoms with Crippen LogP contribution in [0.1, 0.15) is 22.3 Å². The van der Waals surface area contributed by atoms with Gasteiger partial charge in [-0.3, -0.25) is 4.98 Å². The molecule has 32 heavy (non-hydrogen) atoms. The molecular weight excluding hydrogens is 386 g/mol. The Kier molecular flexibility index (Phi) is 5.72. The number of hydrogen-bond donors (Lipinski definition) is 0. The third kappa shape index (κ3) is 4.01. The Labute approximate surface area is 189 Å². The number of benzene rings is 4. The standard InChI is InChI=1S/C31H23N/c1-4-12-25(13-5-1)30(26-14-6-2-7-15-26)31(27-16-8-3-9-17-27)29-19-11-10-18-28(29)24-20-22-32-23-21-24/h1-23H. The van der Waals surface area contributed by atoms with Gasteiger partial charge >= 0.3 is 0 Å². The molecule has 0 fully saturated rings. The summed E-state index contributed by atoms with van der Waals surface area (Å²) >= 11 is 0. The fourth-order valence-electron chi connectivity index (χ4n) is 4.19. The molecule has 0 aliphatic carbocycles. The molecule has 0 N–H and O–H groups in total. The zero-order valence-electron chi connectivity index (χ0n) is 17.7. The topological polar surface area (TPSA) is 12.9 Å². The van der Waals surface area contributed by atoms with Crippen molar-refractivity contribution >= 4 is 11.1 Å². The molecular formula is C31H23N. The Morgan fingerprint density at radius 2 is 0.844 bits per heavy atom. The predicted molar refractivity (Wildman–Crippen MR) is 134 cm³/mol. The van der Waals surface area contributed by atoms with Gasteiger partial charge in [0.1, 0.15) is 0 Å². The summed E-state index contributed by atoms with van der Waals surface area (Å²) in [7, 11) is 0. The molecule has 0 aliphatic rings. The van der Waals surface area contributed by atoms with E-state index in [1.165, 1.54) is 39.0 Å². The molecule has 0 aliphatic heterocycles. The molecule has 5 aromatic rings. The molecule has 0 amide bonds. The van der Waals surface area contributed by atoms with Crippen molar-refractivity contribution in [2.75, 3.05) is 0 Å². The minimum atomic E-state index is 1.16. The first-order chi connectivity index (χ1) is 15.9. The minimum Gasteiger partial charge on any atom is -0.265 e. The lowest BCUT2D eigenvalue weighted by Crippen LogP contribution is -1.99. The molecule has 1 heterocycles. The van der Waals surface area contributed by atoms with Crippen LogP contribution in [-0.4, -0.2) is 4.98 Å². The lowest BCUT2D eigenvalue weighted by atomic mass is 9.83. The maximum Gasteiger partial charge on any atom is 0.0273 e. The highest BCUT2D eigenvalue weighted by molar-refractivity contribution is 6.07. The molecule has 0 bridgehead atoms. The molecule has 152 valence electrons. The minimum absolute atomic E-state index is 1.16. The lowest BCUT2D eigenvalue weighted by molar-refractivity contribution is 1.33. The van der Waals surface area contributed by atoms with Crippen molar-refractivity contribution in [1.29, 1.82) is 0 Å². The summed E-state index contributed by atoms with van der Waals surface area (Å²) in [5.74, 6) is 0. The highest BCUT2D eigenvalue weighted by Crippen LogP contribution is 2.40. The second kappa shape index (κ2) is 9.28. The van der Waals surface area contributed by atoms with Crippen molar-refractivity contribution in [2.45, 2.75) is 0 Å². The van der Waals surface area contributed by atoms with E-state index in [-0.39, 0.29) is 0 Å². The highest BCUT2D eigenvalue weighted by Gasteiger charge is 2.18. The van der Waals surface area contributed by atoms with E-state index in [4.69, 9.17) is 0 Å². The van der Waals surface area contributed by atoms with Gasteiger partial charge in [0, 0.05) is 12.4 Å². The van der Waals surface area contributed by atoms with Gasteiger partial charge in [-0.15, -0.1) is 0 Å². The summed E-state index contributed by atoms with van der Waals surface area (Å²) in [4.78, 5) is 4.22. The van der Waals surface area contributed by atoms with Gasteiger partial charge in [-0.25, -0.2) is 0 Å². The maximum atomic E-state index is 4.22. The smallest absolute Gasteiger partial charge is 0.0273 e. The zero-order valence-corrected chi connectivity index (χ0v) is 17.7. The van der Waals surface area contributed by atoms with Crippen LogP contribution in [0, 0.1) is 0 Å². The average molecular weight is 410 g/mol. The van der Waals surface area contributed by atoms with Crippen molar-refractivity contribution in [1.82, 2.24) is 4.98 Å². The van der Waals surface area contributed by atoms with Crippen LogP contribution in [0.2, 0.25) is 0 Å². The summed E-state index contributed by atoms with van der Waals surface area (Å²) in [6, 6.07) is 44.8. The van der Waals surface area contributed by atoms with Crippen molar-refractivity contribution in [3.8, 4) is 11.1 Å². The molecule has 1 aromatic heterocycles. The maximum absolute atomic E-state index is 4.22. The number of aromatic nitrogens is 1. The average Bonchev–Trinajstić information content (AvgIpc) is 2.89. The van der Waals surface area contributed by atoms with Crippen LogP contribution in [0.4, 0.5) is 0 Å². The molecule has 0 radical (unpaired) electrons. The van der Waals surface area contributed by atoms with Gasteiger partial charge in [0.25, 0.3) is 0 Å².